The molecule has 0 atom stereocenters. The third kappa shape index (κ3) is 3.32. The van der Waals surface area contributed by atoms with Gasteiger partial charge in [-0.25, -0.2) is 14.6 Å². The lowest BCUT2D eigenvalue weighted by Crippen LogP contribution is -2.24. The van der Waals surface area contributed by atoms with Gasteiger partial charge in [-0.05, 0) is 37.1 Å². The molecule has 0 saturated heterocycles. The third-order valence-electron chi connectivity index (χ3n) is 4.43. The van der Waals surface area contributed by atoms with Crippen LogP contribution in [-0.4, -0.2) is 26.8 Å². The molecule has 0 fully saturated rings. The van der Waals surface area contributed by atoms with Crippen LogP contribution in [0.2, 0.25) is 0 Å². The number of aryl methyl sites for hydroxylation is 2. The molecule has 1 amide bonds. The Bertz CT molecular complexity index is 1170. The first kappa shape index (κ1) is 18.1. The number of fused-ring (bicyclic) bond motifs is 1. The second kappa shape index (κ2) is 7.36. The number of carbonyl (C=O) groups is 1. The fourth-order valence-corrected chi connectivity index (χ4v) is 3.97. The first-order chi connectivity index (χ1) is 13.5. The average Bonchev–Trinajstić information content (AvgIpc) is 3.30. The number of aromatic nitrogens is 3. The van der Waals surface area contributed by atoms with E-state index in [4.69, 9.17) is 0 Å². The standard InChI is InChI=1S/C21H19N5OS/c1-14-7-6-8-15(2)20(14)26(16(3)27)21-24-17(12-28-21)11-23-25-13-22-18-9-4-5-10-19(18)25/h4-13H,1-3H3/b23-11-. The zero-order valence-electron chi connectivity index (χ0n) is 15.8. The number of anilines is 2. The van der Waals surface area contributed by atoms with E-state index < -0.39 is 0 Å². The largest absolute Gasteiger partial charge is 0.274 e. The first-order valence-corrected chi connectivity index (χ1v) is 9.71. The highest BCUT2D eigenvalue weighted by Crippen LogP contribution is 2.33. The van der Waals surface area contributed by atoms with E-state index in [1.807, 2.05) is 61.7 Å². The Morgan fingerprint density at radius 1 is 1.14 bits per heavy atom. The number of para-hydroxylation sites is 3. The molecule has 6 nitrogen and oxygen atoms in total. The van der Waals surface area contributed by atoms with Crippen LogP contribution in [0.1, 0.15) is 23.7 Å². The van der Waals surface area contributed by atoms with Gasteiger partial charge in [0.25, 0.3) is 0 Å². The molecule has 0 N–H and O–H groups in total. The van der Waals surface area contributed by atoms with Crippen molar-refractivity contribution >= 4 is 45.3 Å². The minimum Gasteiger partial charge on any atom is -0.274 e. The van der Waals surface area contributed by atoms with Gasteiger partial charge in [-0.15, -0.1) is 11.3 Å². The van der Waals surface area contributed by atoms with Crippen LogP contribution in [0.15, 0.2) is 59.3 Å². The van der Waals surface area contributed by atoms with Crippen molar-refractivity contribution < 1.29 is 4.79 Å². The van der Waals surface area contributed by atoms with Crippen molar-refractivity contribution in [2.24, 2.45) is 5.10 Å². The van der Waals surface area contributed by atoms with E-state index >= 15 is 0 Å². The molecule has 0 saturated carbocycles. The molecule has 7 heteroatoms. The monoisotopic (exact) mass is 389 g/mol. The Balaban J connectivity index is 1.67. The van der Waals surface area contributed by atoms with Crippen molar-refractivity contribution in [1.29, 1.82) is 0 Å². The van der Waals surface area contributed by atoms with Crippen molar-refractivity contribution in [3.8, 4) is 0 Å². The summed E-state index contributed by atoms with van der Waals surface area (Å²) in [4.78, 5) is 23.0. The molecular weight excluding hydrogens is 370 g/mol. The lowest BCUT2D eigenvalue weighted by Gasteiger charge is -2.22. The van der Waals surface area contributed by atoms with E-state index in [9.17, 15) is 4.79 Å². The Morgan fingerprint density at radius 3 is 2.64 bits per heavy atom. The second-order valence-corrected chi connectivity index (χ2v) is 7.31. The van der Waals surface area contributed by atoms with Gasteiger partial charge in [0.05, 0.1) is 28.6 Å². The van der Waals surface area contributed by atoms with Gasteiger partial charge >= 0.3 is 0 Å². The molecule has 0 aliphatic heterocycles. The number of imidazole rings is 1. The fourth-order valence-electron chi connectivity index (χ4n) is 3.14. The molecule has 4 rings (SSSR count). The van der Waals surface area contributed by atoms with Crippen LogP contribution in [0.25, 0.3) is 11.0 Å². The van der Waals surface area contributed by atoms with Gasteiger partial charge in [0.15, 0.2) is 5.13 Å². The van der Waals surface area contributed by atoms with Crippen molar-refractivity contribution in [2.45, 2.75) is 20.8 Å². The van der Waals surface area contributed by atoms with E-state index in [1.54, 1.807) is 29.0 Å². The summed E-state index contributed by atoms with van der Waals surface area (Å²) in [6.45, 7) is 5.55. The summed E-state index contributed by atoms with van der Waals surface area (Å²) < 4.78 is 1.71. The minimum atomic E-state index is -0.0733. The van der Waals surface area contributed by atoms with Crippen LogP contribution in [-0.2, 0) is 4.79 Å². The Kier molecular flexibility index (Phi) is 4.75. The smallest absolute Gasteiger partial charge is 0.230 e. The molecule has 4 aromatic rings. The van der Waals surface area contributed by atoms with Crippen LogP contribution in [0, 0.1) is 13.8 Å². The van der Waals surface area contributed by atoms with Crippen molar-refractivity contribution in [2.75, 3.05) is 4.90 Å². The van der Waals surface area contributed by atoms with Gasteiger partial charge in [0.2, 0.25) is 5.91 Å². The van der Waals surface area contributed by atoms with E-state index in [1.165, 1.54) is 11.3 Å². The van der Waals surface area contributed by atoms with Crippen molar-refractivity contribution in [3.63, 3.8) is 0 Å². The highest BCUT2D eigenvalue weighted by atomic mass is 32.1. The number of hydrogen-bond acceptors (Lipinski definition) is 5. The maximum Gasteiger partial charge on any atom is 0.230 e. The van der Waals surface area contributed by atoms with Crippen LogP contribution >= 0.6 is 11.3 Å². The van der Waals surface area contributed by atoms with Crippen LogP contribution < -0.4 is 4.90 Å². The summed E-state index contributed by atoms with van der Waals surface area (Å²) in [7, 11) is 0. The van der Waals surface area contributed by atoms with E-state index in [-0.39, 0.29) is 5.91 Å². The number of amides is 1. The molecular formula is C21H19N5OS. The summed E-state index contributed by atoms with van der Waals surface area (Å²) in [5.74, 6) is -0.0733. The van der Waals surface area contributed by atoms with Gasteiger partial charge in [-0.2, -0.15) is 5.10 Å². The molecule has 0 bridgehead atoms. The number of carbonyl (C=O) groups excluding carboxylic acids is 1. The van der Waals surface area contributed by atoms with Gasteiger partial charge in [0.1, 0.15) is 6.33 Å². The quantitative estimate of drug-likeness (QED) is 0.476. The van der Waals surface area contributed by atoms with Gasteiger partial charge in [-0.3, -0.25) is 9.69 Å². The summed E-state index contributed by atoms with van der Waals surface area (Å²) in [6.07, 6.45) is 3.35. The Morgan fingerprint density at radius 2 is 1.89 bits per heavy atom. The lowest BCUT2D eigenvalue weighted by atomic mass is 10.1. The van der Waals surface area contributed by atoms with E-state index in [0.29, 0.717) is 10.8 Å². The average molecular weight is 389 g/mol. The molecule has 0 aliphatic carbocycles. The van der Waals surface area contributed by atoms with Crippen molar-refractivity contribution in [3.05, 3.63) is 71.0 Å². The summed E-state index contributed by atoms with van der Waals surface area (Å²) >= 11 is 1.42. The predicted octanol–water partition coefficient (Wildman–Crippen LogP) is 4.68. The topological polar surface area (TPSA) is 63.4 Å². The minimum absolute atomic E-state index is 0.0733. The maximum atomic E-state index is 12.4. The van der Waals surface area contributed by atoms with Gasteiger partial charge in [-0.1, -0.05) is 30.3 Å². The highest BCUT2D eigenvalue weighted by molar-refractivity contribution is 7.14. The maximum absolute atomic E-state index is 12.4. The third-order valence-corrected chi connectivity index (χ3v) is 5.27. The lowest BCUT2D eigenvalue weighted by molar-refractivity contribution is -0.115. The molecule has 0 spiro atoms. The Hall–Kier alpha value is -3.32. The molecule has 2 aromatic carbocycles. The Labute approximate surface area is 166 Å². The van der Waals surface area contributed by atoms with Crippen LogP contribution in [0.5, 0.6) is 0 Å². The van der Waals surface area contributed by atoms with Gasteiger partial charge in [0, 0.05) is 12.3 Å². The number of thiazole rings is 1. The summed E-state index contributed by atoms with van der Waals surface area (Å²) in [6, 6.07) is 13.8. The summed E-state index contributed by atoms with van der Waals surface area (Å²) in [5, 5.41) is 6.98. The molecule has 2 heterocycles. The van der Waals surface area contributed by atoms with E-state index in [0.717, 1.165) is 27.8 Å². The number of rotatable bonds is 4. The number of benzene rings is 2. The second-order valence-electron chi connectivity index (χ2n) is 6.47. The van der Waals surface area contributed by atoms with Crippen molar-refractivity contribution in [1.82, 2.24) is 14.6 Å². The molecule has 0 aliphatic rings. The predicted molar refractivity (Wildman–Crippen MR) is 114 cm³/mol. The summed E-state index contributed by atoms with van der Waals surface area (Å²) in [5.41, 5.74) is 5.45. The SMILES string of the molecule is CC(=O)N(c1nc(/C=N\n2cnc3ccccc32)cs1)c1c(C)cccc1C. The first-order valence-electron chi connectivity index (χ1n) is 8.83. The molecule has 0 unspecified atom stereocenters. The fraction of sp³-hybridized carbons (Fsp3) is 0.143. The van der Waals surface area contributed by atoms with Gasteiger partial charge < -0.3 is 0 Å². The highest BCUT2D eigenvalue weighted by Gasteiger charge is 2.21. The van der Waals surface area contributed by atoms with Crippen LogP contribution in [0.4, 0.5) is 10.8 Å². The number of nitrogens with zero attached hydrogens (tertiary/aromatic N) is 5. The molecule has 2 aromatic heterocycles. The molecule has 0 radical (unpaired) electrons. The zero-order valence-corrected chi connectivity index (χ0v) is 16.6. The molecule has 140 valence electrons. The normalized spacial score (nSPS) is 11.4. The zero-order chi connectivity index (χ0) is 19.7. The van der Waals surface area contributed by atoms with E-state index in [2.05, 4.69) is 15.1 Å². The molecule has 28 heavy (non-hydrogen) atoms. The van der Waals surface area contributed by atoms with Crippen LogP contribution in [0.3, 0.4) is 0 Å². The number of hydrogen-bond donors (Lipinski definition) is 0.